The van der Waals surface area contributed by atoms with Crippen LogP contribution in [0.5, 0.6) is 0 Å². The summed E-state index contributed by atoms with van der Waals surface area (Å²) in [7, 11) is 0. The molecule has 0 bridgehead atoms. The molecule has 0 aromatic carbocycles. The van der Waals surface area contributed by atoms with Gasteiger partial charge in [-0.2, -0.15) is 0 Å². The molecule has 1 amide bonds. The Hall–Kier alpha value is -0.610. The zero-order valence-electron chi connectivity index (χ0n) is 8.07. The SMILES string of the molecule is C[C@@H](N)[C@@H](O)C(=O)N1CCCCC1. The molecule has 1 heterocycles. The highest BCUT2D eigenvalue weighted by atomic mass is 16.3. The number of nitrogens with zero attached hydrogens (tertiary/aromatic N) is 1. The van der Waals surface area contributed by atoms with E-state index in [0.717, 1.165) is 25.9 Å². The molecular formula is C9H18N2O2. The number of rotatable bonds is 2. The predicted molar refractivity (Wildman–Crippen MR) is 50.1 cm³/mol. The molecule has 4 heteroatoms. The van der Waals surface area contributed by atoms with Crippen molar-refractivity contribution in [2.75, 3.05) is 13.1 Å². The number of carbonyl (C=O) groups excluding carboxylic acids is 1. The number of hydrogen-bond acceptors (Lipinski definition) is 3. The van der Waals surface area contributed by atoms with Crippen molar-refractivity contribution >= 4 is 5.91 Å². The summed E-state index contributed by atoms with van der Waals surface area (Å²) in [6, 6.07) is -0.477. The highest BCUT2D eigenvalue weighted by Gasteiger charge is 2.25. The van der Waals surface area contributed by atoms with Gasteiger partial charge in [0.15, 0.2) is 0 Å². The monoisotopic (exact) mass is 186 g/mol. The van der Waals surface area contributed by atoms with Crippen LogP contribution < -0.4 is 5.73 Å². The van der Waals surface area contributed by atoms with Gasteiger partial charge in [0.1, 0.15) is 6.10 Å². The van der Waals surface area contributed by atoms with E-state index in [4.69, 9.17) is 5.73 Å². The molecule has 0 radical (unpaired) electrons. The summed E-state index contributed by atoms with van der Waals surface area (Å²) in [6.07, 6.45) is 2.23. The van der Waals surface area contributed by atoms with Crippen LogP contribution in [0.4, 0.5) is 0 Å². The molecule has 0 spiro atoms. The summed E-state index contributed by atoms with van der Waals surface area (Å²) in [4.78, 5) is 13.2. The van der Waals surface area contributed by atoms with E-state index in [1.165, 1.54) is 6.42 Å². The number of amides is 1. The molecule has 0 unspecified atom stereocenters. The fourth-order valence-corrected chi connectivity index (χ4v) is 1.53. The lowest BCUT2D eigenvalue weighted by Crippen LogP contribution is -2.48. The van der Waals surface area contributed by atoms with Crippen LogP contribution in [0.15, 0.2) is 0 Å². The van der Waals surface area contributed by atoms with Gasteiger partial charge in [-0.15, -0.1) is 0 Å². The Balaban J connectivity index is 2.45. The molecule has 0 aromatic heterocycles. The topological polar surface area (TPSA) is 66.6 Å². The smallest absolute Gasteiger partial charge is 0.253 e. The Bertz CT molecular complexity index is 176. The average molecular weight is 186 g/mol. The van der Waals surface area contributed by atoms with Crippen LogP contribution in [-0.4, -0.2) is 41.1 Å². The lowest BCUT2D eigenvalue weighted by atomic mass is 10.1. The number of nitrogens with two attached hydrogens (primary N) is 1. The Morgan fingerprint density at radius 3 is 2.38 bits per heavy atom. The van der Waals surface area contributed by atoms with Gasteiger partial charge in [0.05, 0.1) is 0 Å². The van der Waals surface area contributed by atoms with Gasteiger partial charge in [-0.05, 0) is 26.2 Å². The summed E-state index contributed by atoms with van der Waals surface area (Å²) in [5.41, 5.74) is 5.45. The average Bonchev–Trinajstić information content (AvgIpc) is 2.17. The lowest BCUT2D eigenvalue weighted by Gasteiger charge is -2.29. The fourth-order valence-electron chi connectivity index (χ4n) is 1.53. The fraction of sp³-hybridized carbons (Fsp3) is 0.889. The van der Waals surface area contributed by atoms with Crippen LogP contribution in [-0.2, 0) is 4.79 Å². The van der Waals surface area contributed by atoms with Crippen LogP contribution >= 0.6 is 0 Å². The van der Waals surface area contributed by atoms with Gasteiger partial charge in [0.2, 0.25) is 0 Å². The van der Waals surface area contributed by atoms with E-state index in [1.54, 1.807) is 11.8 Å². The van der Waals surface area contributed by atoms with Crippen molar-refractivity contribution in [1.29, 1.82) is 0 Å². The minimum absolute atomic E-state index is 0.213. The third-order valence-electron chi connectivity index (χ3n) is 2.42. The maximum Gasteiger partial charge on any atom is 0.253 e. The van der Waals surface area contributed by atoms with E-state index < -0.39 is 12.1 Å². The van der Waals surface area contributed by atoms with Crippen molar-refractivity contribution in [3.8, 4) is 0 Å². The van der Waals surface area contributed by atoms with Gasteiger partial charge in [0.25, 0.3) is 5.91 Å². The maximum absolute atomic E-state index is 11.5. The van der Waals surface area contributed by atoms with Crippen LogP contribution in [0.25, 0.3) is 0 Å². The summed E-state index contributed by atoms with van der Waals surface area (Å²) in [6.45, 7) is 3.18. The molecular weight excluding hydrogens is 168 g/mol. The van der Waals surface area contributed by atoms with E-state index in [0.29, 0.717) is 0 Å². The van der Waals surface area contributed by atoms with Crippen LogP contribution in [0.1, 0.15) is 26.2 Å². The summed E-state index contributed by atoms with van der Waals surface area (Å²) in [5.74, 6) is -0.213. The first-order valence-electron chi connectivity index (χ1n) is 4.85. The third kappa shape index (κ3) is 2.67. The third-order valence-corrected chi connectivity index (χ3v) is 2.42. The second kappa shape index (κ2) is 4.58. The quantitative estimate of drug-likeness (QED) is 0.622. The first-order valence-corrected chi connectivity index (χ1v) is 4.85. The predicted octanol–water partition coefficient (Wildman–Crippen LogP) is -0.293. The highest BCUT2D eigenvalue weighted by Crippen LogP contribution is 2.10. The van der Waals surface area contributed by atoms with Crippen LogP contribution in [0.2, 0.25) is 0 Å². The Morgan fingerprint density at radius 2 is 1.92 bits per heavy atom. The van der Waals surface area contributed by atoms with E-state index in [-0.39, 0.29) is 5.91 Å². The van der Waals surface area contributed by atoms with E-state index >= 15 is 0 Å². The van der Waals surface area contributed by atoms with Crippen molar-refractivity contribution in [2.24, 2.45) is 5.73 Å². The van der Waals surface area contributed by atoms with Crippen LogP contribution in [0, 0.1) is 0 Å². The van der Waals surface area contributed by atoms with Crippen molar-refractivity contribution < 1.29 is 9.90 Å². The Labute approximate surface area is 78.7 Å². The second-order valence-electron chi connectivity index (χ2n) is 3.69. The molecule has 1 aliphatic rings. The number of piperidine rings is 1. The van der Waals surface area contributed by atoms with E-state index in [2.05, 4.69) is 0 Å². The minimum Gasteiger partial charge on any atom is -0.382 e. The molecule has 13 heavy (non-hydrogen) atoms. The molecule has 76 valence electrons. The van der Waals surface area contributed by atoms with Gasteiger partial charge in [-0.3, -0.25) is 4.79 Å². The van der Waals surface area contributed by atoms with Gasteiger partial charge in [-0.1, -0.05) is 0 Å². The number of likely N-dealkylation sites (tertiary alicyclic amines) is 1. The Kier molecular flexibility index (Phi) is 3.69. The second-order valence-corrected chi connectivity index (χ2v) is 3.69. The van der Waals surface area contributed by atoms with E-state index in [9.17, 15) is 9.90 Å². The maximum atomic E-state index is 11.5. The molecule has 0 aliphatic carbocycles. The Morgan fingerprint density at radius 1 is 1.38 bits per heavy atom. The summed E-state index contributed by atoms with van der Waals surface area (Å²) in [5, 5.41) is 9.43. The van der Waals surface area contributed by atoms with E-state index in [1.807, 2.05) is 0 Å². The highest BCUT2D eigenvalue weighted by molar-refractivity contribution is 5.81. The molecule has 0 saturated carbocycles. The normalized spacial score (nSPS) is 22.5. The molecule has 1 saturated heterocycles. The molecule has 3 N–H and O–H groups in total. The lowest BCUT2D eigenvalue weighted by molar-refractivity contribution is -0.141. The molecule has 2 atom stereocenters. The van der Waals surface area contributed by atoms with Gasteiger partial charge >= 0.3 is 0 Å². The molecule has 1 fully saturated rings. The molecule has 4 nitrogen and oxygen atoms in total. The summed E-state index contributed by atoms with van der Waals surface area (Å²) < 4.78 is 0. The van der Waals surface area contributed by atoms with Crippen molar-refractivity contribution in [2.45, 2.75) is 38.3 Å². The largest absolute Gasteiger partial charge is 0.382 e. The van der Waals surface area contributed by atoms with Gasteiger partial charge < -0.3 is 15.7 Å². The number of aliphatic hydroxyl groups excluding tert-OH is 1. The molecule has 1 aliphatic heterocycles. The first kappa shape index (κ1) is 10.5. The van der Waals surface area contributed by atoms with Crippen molar-refractivity contribution in [1.82, 2.24) is 4.90 Å². The summed E-state index contributed by atoms with van der Waals surface area (Å²) >= 11 is 0. The van der Waals surface area contributed by atoms with Gasteiger partial charge in [0, 0.05) is 19.1 Å². The standard InChI is InChI=1S/C9H18N2O2/c1-7(10)8(12)9(13)11-5-3-2-4-6-11/h7-8,12H,2-6,10H2,1H3/t7-,8-/m1/s1. The zero-order valence-corrected chi connectivity index (χ0v) is 8.07. The van der Waals surface area contributed by atoms with Crippen molar-refractivity contribution in [3.05, 3.63) is 0 Å². The first-order chi connectivity index (χ1) is 6.13. The zero-order chi connectivity index (χ0) is 9.84. The minimum atomic E-state index is -1.03. The van der Waals surface area contributed by atoms with Crippen molar-refractivity contribution in [3.63, 3.8) is 0 Å². The number of aliphatic hydroxyl groups is 1. The number of hydrogen-bond donors (Lipinski definition) is 2. The van der Waals surface area contributed by atoms with Gasteiger partial charge in [-0.25, -0.2) is 0 Å². The number of carbonyl (C=O) groups is 1. The molecule has 0 aromatic rings. The molecule has 1 rings (SSSR count). The van der Waals surface area contributed by atoms with Crippen LogP contribution in [0.3, 0.4) is 0 Å².